The molecule has 1 saturated carbocycles. The van der Waals surface area contributed by atoms with Crippen LogP contribution in [-0.2, 0) is 0 Å². The minimum absolute atomic E-state index is 0.0203. The van der Waals surface area contributed by atoms with Crippen molar-refractivity contribution >= 4 is 15.9 Å². The van der Waals surface area contributed by atoms with Crippen LogP contribution in [0, 0.1) is 11.7 Å². The number of rotatable bonds is 6. The third-order valence-corrected chi connectivity index (χ3v) is 4.07. The van der Waals surface area contributed by atoms with Gasteiger partial charge in [0, 0.05) is 29.2 Å². The summed E-state index contributed by atoms with van der Waals surface area (Å²) < 4.78 is 14.9. The van der Waals surface area contributed by atoms with Crippen molar-refractivity contribution in [2.75, 3.05) is 19.6 Å². The van der Waals surface area contributed by atoms with Crippen molar-refractivity contribution in [3.05, 3.63) is 34.1 Å². The summed E-state index contributed by atoms with van der Waals surface area (Å²) in [6.07, 6.45) is 2.60. The van der Waals surface area contributed by atoms with Crippen LogP contribution < -0.4 is 5.73 Å². The van der Waals surface area contributed by atoms with Crippen molar-refractivity contribution in [3.8, 4) is 0 Å². The van der Waals surface area contributed by atoms with Crippen molar-refractivity contribution in [3.63, 3.8) is 0 Å². The molecule has 1 unspecified atom stereocenters. The van der Waals surface area contributed by atoms with E-state index >= 15 is 0 Å². The number of nitrogens with zero attached hydrogens (tertiary/aromatic N) is 1. The first-order chi connectivity index (χ1) is 8.65. The van der Waals surface area contributed by atoms with Crippen LogP contribution in [0.25, 0.3) is 0 Å². The van der Waals surface area contributed by atoms with Crippen LogP contribution in [0.3, 0.4) is 0 Å². The van der Waals surface area contributed by atoms with E-state index in [2.05, 4.69) is 27.8 Å². The molecule has 1 aromatic rings. The molecule has 0 amide bonds. The molecule has 0 aliphatic heterocycles. The van der Waals surface area contributed by atoms with Gasteiger partial charge in [0.25, 0.3) is 0 Å². The van der Waals surface area contributed by atoms with Gasteiger partial charge < -0.3 is 5.73 Å². The highest BCUT2D eigenvalue weighted by atomic mass is 79.9. The van der Waals surface area contributed by atoms with Gasteiger partial charge >= 0.3 is 0 Å². The molecule has 1 atom stereocenters. The monoisotopic (exact) mass is 314 g/mol. The Morgan fingerprint density at radius 1 is 1.50 bits per heavy atom. The second kappa shape index (κ2) is 6.13. The molecule has 0 saturated heterocycles. The van der Waals surface area contributed by atoms with E-state index in [0.717, 1.165) is 23.5 Å². The maximum atomic E-state index is 14.0. The minimum Gasteiger partial charge on any atom is -0.329 e. The van der Waals surface area contributed by atoms with Crippen molar-refractivity contribution in [2.45, 2.75) is 25.8 Å². The number of likely N-dealkylation sites (N-methyl/N-ethyl adjacent to an activating group) is 1. The van der Waals surface area contributed by atoms with Crippen LogP contribution in [-0.4, -0.2) is 24.5 Å². The lowest BCUT2D eigenvalue weighted by Crippen LogP contribution is -2.35. The maximum absolute atomic E-state index is 14.0. The summed E-state index contributed by atoms with van der Waals surface area (Å²) >= 11 is 3.40. The van der Waals surface area contributed by atoms with E-state index in [9.17, 15) is 4.39 Å². The standard InChI is InChI=1S/C14H20BrFN2/c1-2-18(9-10-3-4-10)14(8-17)12-7-11(15)5-6-13(12)16/h5-7,10,14H,2-4,8-9,17H2,1H3. The molecule has 0 bridgehead atoms. The Kier molecular flexibility index (Phi) is 4.76. The molecule has 2 nitrogen and oxygen atoms in total. The SMILES string of the molecule is CCN(CC1CC1)C(CN)c1cc(Br)ccc1F. The van der Waals surface area contributed by atoms with Crippen molar-refractivity contribution < 1.29 is 4.39 Å². The quantitative estimate of drug-likeness (QED) is 0.872. The van der Waals surface area contributed by atoms with Crippen molar-refractivity contribution in [1.29, 1.82) is 0 Å². The van der Waals surface area contributed by atoms with Crippen LogP contribution in [0.15, 0.2) is 22.7 Å². The van der Waals surface area contributed by atoms with Gasteiger partial charge in [-0.05, 0) is 43.5 Å². The summed E-state index contributed by atoms with van der Waals surface area (Å²) in [6, 6.07) is 5.06. The Morgan fingerprint density at radius 3 is 2.78 bits per heavy atom. The topological polar surface area (TPSA) is 29.3 Å². The molecule has 1 fully saturated rings. The Morgan fingerprint density at radius 2 is 2.22 bits per heavy atom. The lowest BCUT2D eigenvalue weighted by Gasteiger charge is -2.30. The van der Waals surface area contributed by atoms with Gasteiger partial charge in [0.2, 0.25) is 0 Å². The van der Waals surface area contributed by atoms with Gasteiger partial charge in [-0.2, -0.15) is 0 Å². The van der Waals surface area contributed by atoms with E-state index < -0.39 is 0 Å². The van der Waals surface area contributed by atoms with Crippen LogP contribution in [0.1, 0.15) is 31.4 Å². The van der Waals surface area contributed by atoms with E-state index in [1.807, 2.05) is 6.07 Å². The third kappa shape index (κ3) is 3.31. The fraction of sp³-hybridized carbons (Fsp3) is 0.571. The molecule has 2 N–H and O–H groups in total. The normalized spacial score (nSPS) is 17.2. The first-order valence-electron chi connectivity index (χ1n) is 6.54. The number of hydrogen-bond donors (Lipinski definition) is 1. The first-order valence-corrected chi connectivity index (χ1v) is 7.34. The van der Waals surface area contributed by atoms with Crippen molar-refractivity contribution in [1.82, 2.24) is 4.90 Å². The minimum atomic E-state index is -0.164. The highest BCUT2D eigenvalue weighted by Crippen LogP contribution is 2.33. The maximum Gasteiger partial charge on any atom is 0.128 e. The molecule has 0 radical (unpaired) electrons. The highest BCUT2D eigenvalue weighted by Gasteiger charge is 2.28. The Labute approximate surface area is 116 Å². The molecule has 0 spiro atoms. The van der Waals surface area contributed by atoms with E-state index in [0.29, 0.717) is 12.1 Å². The molecule has 1 aromatic carbocycles. The molecular weight excluding hydrogens is 295 g/mol. The van der Waals surface area contributed by atoms with Crippen LogP contribution in [0.4, 0.5) is 4.39 Å². The summed E-state index contributed by atoms with van der Waals surface area (Å²) in [5.74, 6) is 0.622. The number of hydrogen-bond acceptors (Lipinski definition) is 2. The van der Waals surface area contributed by atoms with E-state index in [1.165, 1.54) is 18.9 Å². The zero-order chi connectivity index (χ0) is 13.1. The lowest BCUT2D eigenvalue weighted by molar-refractivity contribution is 0.199. The number of benzene rings is 1. The van der Waals surface area contributed by atoms with E-state index in [4.69, 9.17) is 5.73 Å². The molecular formula is C14H20BrFN2. The molecule has 1 aliphatic carbocycles. The average molecular weight is 315 g/mol. The van der Waals surface area contributed by atoms with Crippen LogP contribution in [0.2, 0.25) is 0 Å². The Balaban J connectivity index is 2.21. The second-order valence-electron chi connectivity index (χ2n) is 4.95. The van der Waals surface area contributed by atoms with Crippen LogP contribution >= 0.6 is 15.9 Å². The summed E-state index contributed by atoms with van der Waals surface area (Å²) in [5, 5.41) is 0. The summed E-state index contributed by atoms with van der Waals surface area (Å²) in [5.41, 5.74) is 6.58. The van der Waals surface area contributed by atoms with E-state index in [1.54, 1.807) is 6.07 Å². The third-order valence-electron chi connectivity index (χ3n) is 3.58. The Bertz CT molecular complexity index is 407. The van der Waals surface area contributed by atoms with Crippen molar-refractivity contribution in [2.24, 2.45) is 11.7 Å². The molecule has 18 heavy (non-hydrogen) atoms. The van der Waals surface area contributed by atoms with Gasteiger partial charge in [-0.1, -0.05) is 22.9 Å². The van der Waals surface area contributed by atoms with Gasteiger partial charge in [0.05, 0.1) is 0 Å². The largest absolute Gasteiger partial charge is 0.329 e. The Hall–Kier alpha value is -0.450. The van der Waals surface area contributed by atoms with Gasteiger partial charge in [0.15, 0.2) is 0 Å². The van der Waals surface area contributed by atoms with Gasteiger partial charge in [-0.25, -0.2) is 4.39 Å². The van der Waals surface area contributed by atoms with Gasteiger partial charge in [-0.3, -0.25) is 4.90 Å². The molecule has 4 heteroatoms. The second-order valence-corrected chi connectivity index (χ2v) is 5.86. The average Bonchev–Trinajstić information content (AvgIpc) is 3.17. The molecule has 0 aromatic heterocycles. The highest BCUT2D eigenvalue weighted by molar-refractivity contribution is 9.10. The van der Waals surface area contributed by atoms with Gasteiger partial charge in [-0.15, -0.1) is 0 Å². The fourth-order valence-corrected chi connectivity index (χ4v) is 2.73. The summed E-state index contributed by atoms with van der Waals surface area (Å²) in [4.78, 5) is 2.29. The smallest absolute Gasteiger partial charge is 0.128 e. The zero-order valence-electron chi connectivity index (χ0n) is 10.7. The molecule has 100 valence electrons. The van der Waals surface area contributed by atoms with E-state index in [-0.39, 0.29) is 11.9 Å². The predicted molar refractivity (Wildman–Crippen MR) is 75.9 cm³/mol. The number of halogens is 2. The molecule has 0 heterocycles. The fourth-order valence-electron chi connectivity index (χ4n) is 2.35. The lowest BCUT2D eigenvalue weighted by atomic mass is 10.0. The molecule has 2 rings (SSSR count). The van der Waals surface area contributed by atoms with Gasteiger partial charge in [0.1, 0.15) is 5.82 Å². The number of nitrogens with two attached hydrogens (primary N) is 1. The first kappa shape index (κ1) is 14.0. The predicted octanol–water partition coefficient (Wildman–Crippen LogP) is 3.32. The zero-order valence-corrected chi connectivity index (χ0v) is 12.3. The molecule has 1 aliphatic rings. The van der Waals surface area contributed by atoms with Crippen LogP contribution in [0.5, 0.6) is 0 Å². The summed E-state index contributed by atoms with van der Waals surface area (Å²) in [7, 11) is 0. The summed E-state index contributed by atoms with van der Waals surface area (Å²) in [6.45, 7) is 4.50.